The van der Waals surface area contributed by atoms with Gasteiger partial charge in [0.05, 0.1) is 16.3 Å². The van der Waals surface area contributed by atoms with Gasteiger partial charge in [-0.15, -0.1) is 0 Å². The van der Waals surface area contributed by atoms with E-state index in [1.165, 1.54) is 18.3 Å². The molecule has 5 heteroatoms. The van der Waals surface area contributed by atoms with Gasteiger partial charge in [-0.2, -0.15) is 5.26 Å². The molecular weight excluding hydrogens is 246 g/mol. The molecule has 0 aliphatic heterocycles. The van der Waals surface area contributed by atoms with Crippen molar-refractivity contribution in [2.45, 2.75) is 0 Å². The second-order valence-electron chi connectivity index (χ2n) is 3.29. The Morgan fingerprint density at radius 1 is 1.24 bits per heavy atom. The molecule has 0 bridgehead atoms. The summed E-state index contributed by atoms with van der Waals surface area (Å²) in [4.78, 5) is 3.90. The van der Waals surface area contributed by atoms with Crippen molar-refractivity contribution in [3.63, 3.8) is 0 Å². The summed E-state index contributed by atoms with van der Waals surface area (Å²) < 4.78 is 26.2. The van der Waals surface area contributed by atoms with Crippen LogP contribution in [0.4, 0.5) is 8.78 Å². The second-order valence-corrected chi connectivity index (χ2v) is 3.69. The van der Waals surface area contributed by atoms with Crippen LogP contribution in [0.3, 0.4) is 0 Å². The molecule has 2 rings (SSSR count). The molecule has 17 heavy (non-hydrogen) atoms. The van der Waals surface area contributed by atoms with E-state index in [1.54, 1.807) is 0 Å². The normalized spacial score (nSPS) is 10.0. The first-order valence-electron chi connectivity index (χ1n) is 4.63. The SMILES string of the molecule is N#Cc1cnc(-c2ccc(F)cc2F)cc1Cl. The zero-order chi connectivity index (χ0) is 12.4. The van der Waals surface area contributed by atoms with Crippen molar-refractivity contribution < 1.29 is 8.78 Å². The first kappa shape index (κ1) is 11.5. The molecule has 1 aromatic heterocycles. The molecule has 0 saturated carbocycles. The number of rotatable bonds is 1. The van der Waals surface area contributed by atoms with Gasteiger partial charge in [-0.3, -0.25) is 4.98 Å². The summed E-state index contributed by atoms with van der Waals surface area (Å²) in [5, 5.41) is 8.85. The van der Waals surface area contributed by atoms with Crippen LogP contribution in [-0.2, 0) is 0 Å². The molecule has 0 amide bonds. The van der Waals surface area contributed by atoms with Crippen LogP contribution in [0.1, 0.15) is 5.56 Å². The lowest BCUT2D eigenvalue weighted by atomic mass is 10.1. The standard InChI is InChI=1S/C12H5ClF2N2/c13-10-4-12(17-6-7(10)5-16)9-2-1-8(14)3-11(9)15/h1-4,6H. The first-order chi connectivity index (χ1) is 8.11. The van der Waals surface area contributed by atoms with E-state index in [1.807, 2.05) is 6.07 Å². The van der Waals surface area contributed by atoms with Crippen molar-refractivity contribution in [3.8, 4) is 17.3 Å². The number of hydrogen-bond donors (Lipinski definition) is 0. The van der Waals surface area contributed by atoms with Crippen molar-refractivity contribution >= 4 is 11.6 Å². The Morgan fingerprint density at radius 3 is 2.59 bits per heavy atom. The number of pyridine rings is 1. The fourth-order valence-corrected chi connectivity index (χ4v) is 1.55. The van der Waals surface area contributed by atoms with E-state index in [-0.39, 0.29) is 21.8 Å². The molecule has 0 fully saturated rings. The number of halogens is 3. The zero-order valence-electron chi connectivity index (χ0n) is 8.42. The van der Waals surface area contributed by atoms with Crippen LogP contribution < -0.4 is 0 Å². The smallest absolute Gasteiger partial charge is 0.135 e. The lowest BCUT2D eigenvalue weighted by Gasteiger charge is -2.03. The second kappa shape index (κ2) is 4.48. The molecule has 0 saturated heterocycles. The van der Waals surface area contributed by atoms with Crippen LogP contribution in [0.25, 0.3) is 11.3 Å². The Morgan fingerprint density at radius 2 is 2.00 bits per heavy atom. The molecular formula is C12H5ClF2N2. The van der Waals surface area contributed by atoms with Crippen LogP contribution in [0, 0.1) is 23.0 Å². The molecule has 0 radical (unpaired) electrons. The highest BCUT2D eigenvalue weighted by molar-refractivity contribution is 6.31. The van der Waals surface area contributed by atoms with E-state index in [4.69, 9.17) is 16.9 Å². The van der Waals surface area contributed by atoms with Crippen molar-refractivity contribution in [3.05, 3.63) is 52.7 Å². The van der Waals surface area contributed by atoms with Crippen LogP contribution in [0.2, 0.25) is 5.02 Å². The van der Waals surface area contributed by atoms with Crippen molar-refractivity contribution in [1.82, 2.24) is 4.98 Å². The Balaban J connectivity index is 2.54. The van der Waals surface area contributed by atoms with Gasteiger partial charge in [0.25, 0.3) is 0 Å². The van der Waals surface area contributed by atoms with Crippen molar-refractivity contribution in [2.75, 3.05) is 0 Å². The summed E-state index contributed by atoms with van der Waals surface area (Å²) in [6, 6.07) is 6.39. The fourth-order valence-electron chi connectivity index (χ4n) is 1.36. The minimum Gasteiger partial charge on any atom is -0.255 e. The largest absolute Gasteiger partial charge is 0.255 e. The van der Waals surface area contributed by atoms with Crippen LogP contribution in [-0.4, -0.2) is 4.98 Å². The predicted molar refractivity (Wildman–Crippen MR) is 59.3 cm³/mol. The Bertz CT molecular complexity index is 620. The van der Waals surface area contributed by atoms with Gasteiger partial charge < -0.3 is 0 Å². The zero-order valence-corrected chi connectivity index (χ0v) is 9.17. The summed E-state index contributed by atoms with van der Waals surface area (Å²) >= 11 is 5.80. The van der Waals surface area contributed by atoms with E-state index in [0.29, 0.717) is 0 Å². The molecule has 1 heterocycles. The molecule has 0 aliphatic carbocycles. The maximum atomic E-state index is 13.5. The average molecular weight is 251 g/mol. The highest BCUT2D eigenvalue weighted by atomic mass is 35.5. The topological polar surface area (TPSA) is 36.7 Å². The van der Waals surface area contributed by atoms with Gasteiger partial charge in [-0.05, 0) is 18.2 Å². The monoisotopic (exact) mass is 250 g/mol. The highest BCUT2D eigenvalue weighted by Gasteiger charge is 2.09. The van der Waals surface area contributed by atoms with E-state index in [9.17, 15) is 8.78 Å². The Hall–Kier alpha value is -1.99. The lowest BCUT2D eigenvalue weighted by molar-refractivity contribution is 0.585. The van der Waals surface area contributed by atoms with E-state index < -0.39 is 11.6 Å². The summed E-state index contributed by atoms with van der Waals surface area (Å²) in [5.74, 6) is -1.38. The van der Waals surface area contributed by atoms with Gasteiger partial charge in [-0.1, -0.05) is 11.6 Å². The summed E-state index contributed by atoms with van der Waals surface area (Å²) in [6.07, 6.45) is 1.25. The van der Waals surface area contributed by atoms with Crippen molar-refractivity contribution in [1.29, 1.82) is 5.26 Å². The minimum atomic E-state index is -0.724. The number of hydrogen-bond acceptors (Lipinski definition) is 2. The molecule has 84 valence electrons. The average Bonchev–Trinajstić information content (AvgIpc) is 2.29. The minimum absolute atomic E-state index is 0.137. The number of benzene rings is 1. The van der Waals surface area contributed by atoms with Crippen LogP contribution >= 0.6 is 11.6 Å². The van der Waals surface area contributed by atoms with Gasteiger partial charge in [-0.25, -0.2) is 8.78 Å². The number of nitrogens with zero attached hydrogens (tertiary/aromatic N) is 2. The van der Waals surface area contributed by atoms with Gasteiger partial charge in [0.2, 0.25) is 0 Å². The molecule has 2 nitrogen and oxygen atoms in total. The quantitative estimate of drug-likeness (QED) is 0.776. The third-order valence-corrected chi connectivity index (χ3v) is 2.49. The van der Waals surface area contributed by atoms with E-state index >= 15 is 0 Å². The molecule has 0 spiro atoms. The van der Waals surface area contributed by atoms with Gasteiger partial charge in [0.15, 0.2) is 0 Å². The fraction of sp³-hybridized carbons (Fsp3) is 0. The molecule has 2 aromatic rings. The lowest BCUT2D eigenvalue weighted by Crippen LogP contribution is -1.90. The molecule has 1 aromatic carbocycles. The number of aromatic nitrogens is 1. The predicted octanol–water partition coefficient (Wildman–Crippen LogP) is 3.55. The third-order valence-electron chi connectivity index (χ3n) is 2.18. The van der Waals surface area contributed by atoms with Crippen LogP contribution in [0.15, 0.2) is 30.5 Å². The molecule has 0 aliphatic rings. The first-order valence-corrected chi connectivity index (χ1v) is 5.00. The van der Waals surface area contributed by atoms with Gasteiger partial charge in [0, 0.05) is 17.8 Å². The van der Waals surface area contributed by atoms with E-state index in [0.717, 1.165) is 12.1 Å². The third kappa shape index (κ3) is 2.24. The van der Waals surface area contributed by atoms with Gasteiger partial charge in [0.1, 0.15) is 17.7 Å². The van der Waals surface area contributed by atoms with Crippen molar-refractivity contribution in [2.24, 2.45) is 0 Å². The summed E-state index contributed by atoms with van der Waals surface area (Å²) in [6.45, 7) is 0. The summed E-state index contributed by atoms with van der Waals surface area (Å²) in [7, 11) is 0. The maximum Gasteiger partial charge on any atom is 0.135 e. The number of nitriles is 1. The van der Waals surface area contributed by atoms with E-state index in [2.05, 4.69) is 4.98 Å². The molecule has 0 unspecified atom stereocenters. The Kier molecular flexibility index (Phi) is 3.03. The van der Waals surface area contributed by atoms with Crippen LogP contribution in [0.5, 0.6) is 0 Å². The maximum absolute atomic E-state index is 13.5. The highest BCUT2D eigenvalue weighted by Crippen LogP contribution is 2.25. The molecule has 0 N–H and O–H groups in total. The Labute approximate surface area is 101 Å². The summed E-state index contributed by atoms with van der Waals surface area (Å²) in [5.41, 5.74) is 0.599. The molecule has 0 atom stereocenters. The van der Waals surface area contributed by atoms with Gasteiger partial charge >= 0.3 is 0 Å².